The molecule has 0 aliphatic carbocycles. The molecule has 1 N–H and O–H groups in total. The Labute approximate surface area is 220 Å². The normalized spacial score (nSPS) is 15.3. The van der Waals surface area contributed by atoms with Gasteiger partial charge in [0.1, 0.15) is 17.0 Å². The third kappa shape index (κ3) is 4.36. The highest BCUT2D eigenvalue weighted by Crippen LogP contribution is 2.32. The molecule has 4 aromatic rings. The van der Waals surface area contributed by atoms with Gasteiger partial charge in [0.05, 0.1) is 17.8 Å². The number of carbonyl (C=O) groups is 3. The van der Waals surface area contributed by atoms with E-state index < -0.39 is 0 Å². The van der Waals surface area contributed by atoms with Crippen molar-refractivity contribution in [1.82, 2.24) is 29.1 Å². The van der Waals surface area contributed by atoms with Crippen LogP contribution in [0.3, 0.4) is 0 Å². The highest BCUT2D eigenvalue weighted by molar-refractivity contribution is 5.98. The predicted molar refractivity (Wildman–Crippen MR) is 143 cm³/mol. The van der Waals surface area contributed by atoms with Crippen LogP contribution < -0.4 is 10.1 Å². The maximum atomic E-state index is 13.4. The van der Waals surface area contributed by atoms with E-state index in [1.807, 2.05) is 49.6 Å². The van der Waals surface area contributed by atoms with Crippen LogP contribution in [0, 0.1) is 13.8 Å². The van der Waals surface area contributed by atoms with Crippen LogP contribution in [0.15, 0.2) is 42.9 Å². The summed E-state index contributed by atoms with van der Waals surface area (Å²) in [7, 11) is 1.78. The molecule has 1 aliphatic heterocycles. The molecule has 38 heavy (non-hydrogen) atoms. The molecule has 5 rings (SSSR count). The number of amides is 3. The number of aromatic nitrogens is 3. The Morgan fingerprint density at radius 1 is 1.21 bits per heavy atom. The van der Waals surface area contributed by atoms with Gasteiger partial charge in [0, 0.05) is 63.6 Å². The number of aryl methyl sites for hydroxylation is 2. The standard InChI is InChI=1S/C28H32N6O4/c1-6-29-27(36)25-17(2)13-21-14-22(9-12-33(21)25)38-24-7-10-30-34-16-23(18(3)26(24)34)28(37)32-11-8-20(15-32)31(5)19(4)35/h7,9-10,12-14,16,20H,6,8,11,15H2,1-5H3,(H,29,36)/t20-/m1/s1. The van der Waals surface area contributed by atoms with Crippen LogP contribution in [0.1, 0.15) is 52.2 Å². The summed E-state index contributed by atoms with van der Waals surface area (Å²) in [6, 6.07) is 7.44. The van der Waals surface area contributed by atoms with Gasteiger partial charge in [-0.1, -0.05) is 0 Å². The van der Waals surface area contributed by atoms with Crippen molar-refractivity contribution in [3.8, 4) is 11.5 Å². The molecule has 5 heterocycles. The van der Waals surface area contributed by atoms with Crippen LogP contribution in [0.25, 0.3) is 11.0 Å². The Morgan fingerprint density at radius 2 is 2.00 bits per heavy atom. The number of rotatable bonds is 6. The highest BCUT2D eigenvalue weighted by Gasteiger charge is 2.32. The van der Waals surface area contributed by atoms with E-state index >= 15 is 0 Å². The van der Waals surface area contributed by atoms with E-state index in [2.05, 4.69) is 10.4 Å². The first kappa shape index (κ1) is 25.3. The molecule has 10 heteroatoms. The first-order valence-electron chi connectivity index (χ1n) is 12.8. The second kappa shape index (κ2) is 9.85. The third-order valence-electron chi connectivity index (χ3n) is 7.33. The maximum absolute atomic E-state index is 13.4. The fourth-order valence-electron chi connectivity index (χ4n) is 5.21. The van der Waals surface area contributed by atoms with Gasteiger partial charge in [0.25, 0.3) is 11.8 Å². The largest absolute Gasteiger partial charge is 0.455 e. The Bertz CT molecular complexity index is 1570. The Kier molecular flexibility index (Phi) is 6.56. The summed E-state index contributed by atoms with van der Waals surface area (Å²) in [4.78, 5) is 41.2. The van der Waals surface area contributed by atoms with Crippen LogP contribution >= 0.6 is 0 Å². The quantitative estimate of drug-likeness (QED) is 0.423. The molecule has 0 aromatic carbocycles. The van der Waals surface area contributed by atoms with Gasteiger partial charge < -0.3 is 24.3 Å². The summed E-state index contributed by atoms with van der Waals surface area (Å²) in [5, 5.41) is 7.26. The number of likely N-dealkylation sites (tertiary alicyclic amines) is 1. The zero-order valence-corrected chi connectivity index (χ0v) is 22.3. The summed E-state index contributed by atoms with van der Waals surface area (Å²) in [5.74, 6) is 0.974. The van der Waals surface area contributed by atoms with Crippen molar-refractivity contribution in [2.75, 3.05) is 26.7 Å². The SMILES string of the molecule is CCNC(=O)c1c(C)cc2cc(Oc3ccnn4cc(C(=O)N5CC[C@@H](N(C)C(C)=O)C5)c(C)c34)ccn12. The molecule has 0 spiro atoms. The lowest BCUT2D eigenvalue weighted by atomic mass is 10.1. The number of nitrogens with zero attached hydrogens (tertiary/aromatic N) is 5. The van der Waals surface area contributed by atoms with E-state index in [1.165, 1.54) is 0 Å². The van der Waals surface area contributed by atoms with Gasteiger partial charge in [-0.25, -0.2) is 4.52 Å². The van der Waals surface area contributed by atoms with Gasteiger partial charge in [0.15, 0.2) is 5.75 Å². The Hall–Kier alpha value is -4.34. The molecule has 1 atom stereocenters. The molecular weight excluding hydrogens is 484 g/mol. The lowest BCUT2D eigenvalue weighted by Gasteiger charge is -2.23. The first-order valence-corrected chi connectivity index (χ1v) is 12.8. The minimum absolute atomic E-state index is 0.00461. The molecule has 4 aromatic heterocycles. The molecular formula is C28H32N6O4. The van der Waals surface area contributed by atoms with E-state index in [9.17, 15) is 14.4 Å². The summed E-state index contributed by atoms with van der Waals surface area (Å²) in [6.07, 6.45) is 5.95. The second-order valence-corrected chi connectivity index (χ2v) is 9.77. The van der Waals surface area contributed by atoms with Gasteiger partial charge in [-0.15, -0.1) is 0 Å². The minimum Gasteiger partial charge on any atom is -0.455 e. The number of hydrogen-bond donors (Lipinski definition) is 1. The lowest BCUT2D eigenvalue weighted by molar-refractivity contribution is -0.129. The van der Waals surface area contributed by atoms with Crippen molar-refractivity contribution in [2.45, 2.75) is 40.2 Å². The van der Waals surface area contributed by atoms with Crippen LogP contribution in [0.2, 0.25) is 0 Å². The summed E-state index contributed by atoms with van der Waals surface area (Å²) in [6.45, 7) is 8.89. The molecule has 0 unspecified atom stereocenters. The number of fused-ring (bicyclic) bond motifs is 2. The van der Waals surface area contributed by atoms with Gasteiger partial charge >= 0.3 is 0 Å². The zero-order valence-electron chi connectivity index (χ0n) is 22.3. The molecule has 0 radical (unpaired) electrons. The van der Waals surface area contributed by atoms with Crippen LogP contribution in [0.4, 0.5) is 0 Å². The number of ether oxygens (including phenoxy) is 1. The third-order valence-corrected chi connectivity index (χ3v) is 7.33. The van der Waals surface area contributed by atoms with Crippen molar-refractivity contribution in [3.63, 3.8) is 0 Å². The molecule has 198 valence electrons. The van der Waals surface area contributed by atoms with Gasteiger partial charge in [-0.3, -0.25) is 14.4 Å². The zero-order chi connectivity index (χ0) is 27.1. The summed E-state index contributed by atoms with van der Waals surface area (Å²) < 4.78 is 9.80. The Balaban J connectivity index is 1.43. The van der Waals surface area contributed by atoms with E-state index in [-0.39, 0.29) is 23.8 Å². The lowest BCUT2D eigenvalue weighted by Crippen LogP contribution is -2.39. The van der Waals surface area contributed by atoms with E-state index in [0.29, 0.717) is 47.9 Å². The molecule has 1 aliphatic rings. The summed E-state index contributed by atoms with van der Waals surface area (Å²) in [5.41, 5.74) is 4.37. The topological polar surface area (TPSA) is 101 Å². The number of hydrogen-bond acceptors (Lipinski definition) is 5. The van der Waals surface area contributed by atoms with Gasteiger partial charge in [-0.2, -0.15) is 5.10 Å². The minimum atomic E-state index is -0.118. The van der Waals surface area contributed by atoms with Crippen molar-refractivity contribution in [1.29, 1.82) is 0 Å². The van der Waals surface area contributed by atoms with E-state index in [0.717, 1.165) is 23.1 Å². The van der Waals surface area contributed by atoms with Crippen molar-refractivity contribution >= 4 is 28.8 Å². The monoisotopic (exact) mass is 516 g/mol. The number of pyridine rings is 1. The molecule has 0 bridgehead atoms. The average molecular weight is 517 g/mol. The van der Waals surface area contributed by atoms with E-state index in [1.54, 1.807) is 46.7 Å². The summed E-state index contributed by atoms with van der Waals surface area (Å²) >= 11 is 0. The average Bonchev–Trinajstić information content (AvgIpc) is 3.58. The number of nitrogens with one attached hydrogen (secondary N) is 1. The van der Waals surface area contributed by atoms with Crippen molar-refractivity contribution in [2.24, 2.45) is 0 Å². The molecule has 3 amide bonds. The van der Waals surface area contributed by atoms with Crippen molar-refractivity contribution < 1.29 is 19.1 Å². The predicted octanol–water partition coefficient (Wildman–Crippen LogP) is 3.44. The highest BCUT2D eigenvalue weighted by atomic mass is 16.5. The molecule has 0 saturated carbocycles. The fraction of sp³-hybridized carbons (Fsp3) is 0.357. The first-order chi connectivity index (χ1) is 18.2. The number of likely N-dealkylation sites (N-methyl/N-ethyl adjacent to an activating group) is 1. The second-order valence-electron chi connectivity index (χ2n) is 9.77. The van der Waals surface area contributed by atoms with Crippen molar-refractivity contribution in [3.05, 3.63) is 65.2 Å². The molecule has 1 saturated heterocycles. The smallest absolute Gasteiger partial charge is 0.268 e. The van der Waals surface area contributed by atoms with E-state index in [4.69, 9.17) is 4.74 Å². The van der Waals surface area contributed by atoms with Crippen LogP contribution in [-0.2, 0) is 4.79 Å². The maximum Gasteiger partial charge on any atom is 0.268 e. The van der Waals surface area contributed by atoms with Crippen LogP contribution in [0.5, 0.6) is 11.5 Å². The van der Waals surface area contributed by atoms with Gasteiger partial charge in [-0.05, 0) is 50.5 Å². The van der Waals surface area contributed by atoms with Gasteiger partial charge in [0.2, 0.25) is 5.91 Å². The van der Waals surface area contributed by atoms with Crippen LogP contribution in [-0.4, -0.2) is 74.3 Å². The molecule has 1 fully saturated rings. The Morgan fingerprint density at radius 3 is 2.74 bits per heavy atom. The fourth-order valence-corrected chi connectivity index (χ4v) is 5.21. The molecule has 10 nitrogen and oxygen atoms in total. The number of carbonyl (C=O) groups excluding carboxylic acids is 3.